The highest BCUT2D eigenvalue weighted by Gasteiger charge is 2.35. The Balaban J connectivity index is 1.51. The lowest BCUT2D eigenvalue weighted by atomic mass is 10.2. The molecular weight excluding hydrogens is 358 g/mol. The molecule has 0 aromatic carbocycles. The molecule has 1 aliphatic heterocycles. The number of sulfonamides is 1. The van der Waals surface area contributed by atoms with Crippen LogP contribution < -0.4 is 5.32 Å². The Morgan fingerprint density at radius 3 is 2.88 bits per heavy atom. The van der Waals surface area contributed by atoms with Crippen LogP contribution in [-0.4, -0.2) is 46.6 Å². The van der Waals surface area contributed by atoms with Gasteiger partial charge in [-0.3, -0.25) is 9.78 Å². The molecule has 0 spiro atoms. The second-order valence-electron chi connectivity index (χ2n) is 6.21. The van der Waals surface area contributed by atoms with E-state index < -0.39 is 10.0 Å². The molecule has 1 amide bonds. The minimum Gasteiger partial charge on any atom is -0.352 e. The lowest BCUT2D eigenvalue weighted by Gasteiger charge is -2.18. The summed E-state index contributed by atoms with van der Waals surface area (Å²) >= 11 is 0. The number of hydrogen-bond acceptors (Lipinski definition) is 7. The molecule has 0 aliphatic carbocycles. The predicted molar refractivity (Wildman–Crippen MR) is 92.2 cm³/mol. The lowest BCUT2D eigenvalue weighted by molar-refractivity contribution is -0.121. The third kappa shape index (κ3) is 4.64. The van der Waals surface area contributed by atoms with Crippen molar-refractivity contribution in [1.82, 2.24) is 24.7 Å². The number of amides is 1. The predicted octanol–water partition coefficient (Wildman–Crippen LogP) is 0.810. The Morgan fingerprint density at radius 2 is 2.15 bits per heavy atom. The van der Waals surface area contributed by atoms with Gasteiger partial charge in [0, 0.05) is 38.3 Å². The summed E-state index contributed by atoms with van der Waals surface area (Å²) < 4.78 is 30.2. The van der Waals surface area contributed by atoms with Gasteiger partial charge >= 0.3 is 0 Å². The fourth-order valence-electron chi connectivity index (χ4n) is 2.91. The highest BCUT2D eigenvalue weighted by molar-refractivity contribution is 7.88. The van der Waals surface area contributed by atoms with E-state index in [0.29, 0.717) is 37.6 Å². The Labute approximate surface area is 151 Å². The van der Waals surface area contributed by atoms with Gasteiger partial charge in [0.25, 0.3) is 0 Å². The van der Waals surface area contributed by atoms with Crippen molar-refractivity contribution in [1.29, 1.82) is 0 Å². The summed E-state index contributed by atoms with van der Waals surface area (Å²) in [5.41, 5.74) is 0.968. The summed E-state index contributed by atoms with van der Waals surface area (Å²) in [6, 6.07) is 3.28. The number of carbonyl (C=O) groups excluding carboxylic acids is 1. The first kappa shape index (κ1) is 18.5. The standard InChI is InChI=1S/C16H21N5O4S/c1-26(23,24)21-10-2-3-13(21)16-19-15(25-20-16)5-4-14(22)18-11-12-6-8-17-9-7-12/h6-9,13H,2-5,10-11H2,1H3,(H,18,22). The van der Waals surface area contributed by atoms with Crippen molar-refractivity contribution in [2.24, 2.45) is 0 Å². The number of rotatable bonds is 7. The largest absolute Gasteiger partial charge is 0.352 e. The maximum absolute atomic E-state index is 11.9. The SMILES string of the molecule is CS(=O)(=O)N1CCCC1c1noc(CCC(=O)NCc2ccncc2)n1. The molecule has 1 unspecified atom stereocenters. The van der Waals surface area contributed by atoms with Gasteiger partial charge in [-0.2, -0.15) is 9.29 Å². The van der Waals surface area contributed by atoms with Gasteiger partial charge < -0.3 is 9.84 Å². The Hall–Kier alpha value is -2.33. The Morgan fingerprint density at radius 1 is 1.38 bits per heavy atom. The van der Waals surface area contributed by atoms with Crippen LogP contribution >= 0.6 is 0 Å². The molecule has 1 fully saturated rings. The zero-order valence-corrected chi connectivity index (χ0v) is 15.3. The van der Waals surface area contributed by atoms with Crippen LogP contribution in [0.2, 0.25) is 0 Å². The van der Waals surface area contributed by atoms with E-state index in [9.17, 15) is 13.2 Å². The van der Waals surface area contributed by atoms with Crippen LogP contribution in [0.15, 0.2) is 29.0 Å². The summed E-state index contributed by atoms with van der Waals surface area (Å²) in [5.74, 6) is 0.569. The van der Waals surface area contributed by atoms with Gasteiger partial charge in [0.2, 0.25) is 21.8 Å². The monoisotopic (exact) mass is 379 g/mol. The van der Waals surface area contributed by atoms with Crippen molar-refractivity contribution in [3.63, 3.8) is 0 Å². The van der Waals surface area contributed by atoms with Crippen molar-refractivity contribution in [2.75, 3.05) is 12.8 Å². The van der Waals surface area contributed by atoms with Crippen molar-refractivity contribution >= 4 is 15.9 Å². The third-order valence-corrected chi connectivity index (χ3v) is 5.51. The number of nitrogens with zero attached hydrogens (tertiary/aromatic N) is 4. The molecule has 3 heterocycles. The van der Waals surface area contributed by atoms with Gasteiger partial charge in [-0.15, -0.1) is 0 Å². The van der Waals surface area contributed by atoms with E-state index in [4.69, 9.17) is 4.52 Å². The highest BCUT2D eigenvalue weighted by atomic mass is 32.2. The molecule has 9 nitrogen and oxygen atoms in total. The third-order valence-electron chi connectivity index (χ3n) is 4.22. The van der Waals surface area contributed by atoms with Crippen LogP contribution in [0.5, 0.6) is 0 Å². The maximum Gasteiger partial charge on any atom is 0.227 e. The summed E-state index contributed by atoms with van der Waals surface area (Å²) in [6.45, 7) is 0.895. The molecule has 0 radical (unpaired) electrons. The molecule has 1 atom stereocenters. The van der Waals surface area contributed by atoms with Crippen molar-refractivity contribution in [2.45, 2.75) is 38.3 Å². The normalized spacial score (nSPS) is 18.1. The van der Waals surface area contributed by atoms with Crippen LogP contribution in [0.3, 0.4) is 0 Å². The van der Waals surface area contributed by atoms with Crippen LogP contribution in [-0.2, 0) is 27.8 Å². The molecule has 26 heavy (non-hydrogen) atoms. The molecular formula is C16H21N5O4S. The minimum atomic E-state index is -3.31. The first-order chi connectivity index (χ1) is 12.4. The van der Waals surface area contributed by atoms with Gasteiger partial charge in [0.05, 0.1) is 12.3 Å². The molecule has 1 saturated heterocycles. The maximum atomic E-state index is 11.9. The molecule has 2 aromatic rings. The second kappa shape index (κ2) is 7.92. The van der Waals surface area contributed by atoms with E-state index >= 15 is 0 Å². The number of aromatic nitrogens is 3. The minimum absolute atomic E-state index is 0.125. The van der Waals surface area contributed by atoms with Gasteiger partial charge in [0.15, 0.2) is 5.82 Å². The van der Waals surface area contributed by atoms with E-state index in [1.165, 1.54) is 10.6 Å². The fourth-order valence-corrected chi connectivity index (χ4v) is 4.03. The topological polar surface area (TPSA) is 118 Å². The summed E-state index contributed by atoms with van der Waals surface area (Å²) in [7, 11) is -3.31. The fraction of sp³-hybridized carbons (Fsp3) is 0.500. The number of hydrogen-bond donors (Lipinski definition) is 1. The summed E-state index contributed by atoms with van der Waals surface area (Å²) in [5, 5.41) is 6.72. The van der Waals surface area contributed by atoms with Crippen LogP contribution in [0, 0.1) is 0 Å². The van der Waals surface area contributed by atoms with Gasteiger partial charge in [0.1, 0.15) is 0 Å². The van der Waals surface area contributed by atoms with Crippen LogP contribution in [0.4, 0.5) is 0 Å². The zero-order valence-electron chi connectivity index (χ0n) is 14.5. The molecule has 1 aliphatic rings. The lowest BCUT2D eigenvalue weighted by Crippen LogP contribution is -2.30. The number of aryl methyl sites for hydroxylation is 1. The van der Waals surface area contributed by atoms with E-state index in [1.54, 1.807) is 12.4 Å². The van der Waals surface area contributed by atoms with Crippen LogP contribution in [0.25, 0.3) is 0 Å². The first-order valence-electron chi connectivity index (χ1n) is 8.38. The summed E-state index contributed by atoms with van der Waals surface area (Å²) in [4.78, 5) is 20.1. The van der Waals surface area contributed by atoms with E-state index in [-0.39, 0.29) is 18.4 Å². The molecule has 3 rings (SSSR count). The van der Waals surface area contributed by atoms with Gasteiger partial charge in [-0.05, 0) is 30.5 Å². The number of nitrogens with one attached hydrogen (secondary N) is 1. The number of pyridine rings is 1. The van der Waals surface area contributed by atoms with E-state index in [0.717, 1.165) is 12.0 Å². The van der Waals surface area contributed by atoms with Gasteiger partial charge in [-0.1, -0.05) is 5.16 Å². The van der Waals surface area contributed by atoms with Crippen molar-refractivity contribution in [3.05, 3.63) is 41.8 Å². The highest BCUT2D eigenvalue weighted by Crippen LogP contribution is 2.32. The summed E-state index contributed by atoms with van der Waals surface area (Å²) in [6.07, 6.45) is 6.47. The number of carbonyl (C=O) groups is 1. The molecule has 0 saturated carbocycles. The average molecular weight is 379 g/mol. The molecule has 140 valence electrons. The van der Waals surface area contributed by atoms with Crippen LogP contribution in [0.1, 0.15) is 42.6 Å². The van der Waals surface area contributed by atoms with Gasteiger partial charge in [-0.25, -0.2) is 8.42 Å². The molecule has 1 N–H and O–H groups in total. The quantitative estimate of drug-likeness (QED) is 0.756. The Kier molecular flexibility index (Phi) is 5.62. The first-order valence-corrected chi connectivity index (χ1v) is 10.2. The smallest absolute Gasteiger partial charge is 0.227 e. The molecule has 10 heteroatoms. The van der Waals surface area contributed by atoms with Crippen molar-refractivity contribution in [3.8, 4) is 0 Å². The van der Waals surface area contributed by atoms with E-state index in [2.05, 4.69) is 20.4 Å². The molecule has 2 aromatic heterocycles. The zero-order chi connectivity index (χ0) is 18.6. The second-order valence-corrected chi connectivity index (χ2v) is 8.15. The van der Waals surface area contributed by atoms with E-state index in [1.807, 2.05) is 12.1 Å². The van der Waals surface area contributed by atoms with Crippen molar-refractivity contribution < 1.29 is 17.7 Å². The average Bonchev–Trinajstić information content (AvgIpc) is 3.27. The molecule has 0 bridgehead atoms. The Bertz CT molecular complexity index is 853.